The Kier molecular flexibility index (Phi) is 5.74. The van der Waals surface area contributed by atoms with E-state index in [0.29, 0.717) is 31.6 Å². The SMILES string of the molecule is COc1ccc(/C=C2\SC(=Nc3ccc(Br)cc3Cl)NC2=O)cc1Cl. The summed E-state index contributed by atoms with van der Waals surface area (Å²) in [5.41, 5.74) is 1.38. The topological polar surface area (TPSA) is 50.7 Å². The Morgan fingerprint density at radius 1 is 1.20 bits per heavy atom. The zero-order valence-corrected chi connectivity index (χ0v) is 16.8. The number of thioether (sulfide) groups is 1. The first kappa shape index (κ1) is 18.3. The standard InChI is InChI=1S/C17H11BrCl2N2O2S/c1-24-14-5-2-9(6-12(14)20)7-15-16(23)22-17(25-15)21-13-4-3-10(18)8-11(13)19/h2-8H,1H3,(H,21,22,23)/b15-7-. The minimum absolute atomic E-state index is 0.219. The number of amidine groups is 1. The van der Waals surface area contributed by atoms with E-state index in [1.807, 2.05) is 12.1 Å². The van der Waals surface area contributed by atoms with Crippen LogP contribution in [-0.4, -0.2) is 18.2 Å². The van der Waals surface area contributed by atoms with Crippen molar-refractivity contribution in [1.29, 1.82) is 0 Å². The van der Waals surface area contributed by atoms with Gasteiger partial charge in [0, 0.05) is 4.47 Å². The van der Waals surface area contributed by atoms with Gasteiger partial charge in [0.1, 0.15) is 5.75 Å². The van der Waals surface area contributed by atoms with Crippen LogP contribution in [0.2, 0.25) is 10.0 Å². The first-order chi connectivity index (χ1) is 12.0. The molecule has 0 aliphatic carbocycles. The van der Waals surface area contributed by atoms with Gasteiger partial charge in [-0.1, -0.05) is 45.2 Å². The Morgan fingerprint density at radius 2 is 2.00 bits per heavy atom. The van der Waals surface area contributed by atoms with Gasteiger partial charge in [-0.3, -0.25) is 4.79 Å². The lowest BCUT2D eigenvalue weighted by Crippen LogP contribution is -2.19. The van der Waals surface area contributed by atoms with Crippen LogP contribution in [-0.2, 0) is 4.79 Å². The van der Waals surface area contributed by atoms with Crippen molar-refractivity contribution >= 4 is 73.7 Å². The van der Waals surface area contributed by atoms with Crippen LogP contribution in [0.5, 0.6) is 5.75 Å². The fourth-order valence-corrected chi connectivity index (χ4v) is 3.90. The number of methoxy groups -OCH3 is 1. The van der Waals surface area contributed by atoms with Gasteiger partial charge >= 0.3 is 0 Å². The largest absolute Gasteiger partial charge is 0.495 e. The van der Waals surface area contributed by atoms with Crippen LogP contribution in [0.15, 0.2) is 50.8 Å². The van der Waals surface area contributed by atoms with Gasteiger partial charge < -0.3 is 10.1 Å². The van der Waals surface area contributed by atoms with Crippen molar-refractivity contribution in [2.24, 2.45) is 4.99 Å². The van der Waals surface area contributed by atoms with E-state index in [1.54, 1.807) is 37.5 Å². The van der Waals surface area contributed by atoms with Crippen molar-refractivity contribution in [3.05, 3.63) is 61.4 Å². The van der Waals surface area contributed by atoms with Crippen LogP contribution >= 0.6 is 50.9 Å². The van der Waals surface area contributed by atoms with E-state index in [0.717, 1.165) is 10.0 Å². The van der Waals surface area contributed by atoms with Gasteiger partial charge in [-0.15, -0.1) is 0 Å². The van der Waals surface area contributed by atoms with E-state index in [1.165, 1.54) is 11.8 Å². The number of aliphatic imine (C=N–C) groups is 1. The van der Waals surface area contributed by atoms with Crippen molar-refractivity contribution in [2.75, 3.05) is 7.11 Å². The number of amides is 1. The molecular formula is C17H11BrCl2N2O2S. The van der Waals surface area contributed by atoms with Gasteiger partial charge in [0.05, 0.1) is 27.7 Å². The minimum Gasteiger partial charge on any atom is -0.495 e. The summed E-state index contributed by atoms with van der Waals surface area (Å²) in [4.78, 5) is 17.1. The summed E-state index contributed by atoms with van der Waals surface area (Å²) >= 11 is 16.9. The summed E-state index contributed by atoms with van der Waals surface area (Å²) in [5, 5.41) is 4.18. The van der Waals surface area contributed by atoms with Crippen molar-refractivity contribution in [2.45, 2.75) is 0 Å². The van der Waals surface area contributed by atoms with Crippen LogP contribution < -0.4 is 10.1 Å². The van der Waals surface area contributed by atoms with Gasteiger partial charge in [-0.05, 0) is 53.7 Å². The monoisotopic (exact) mass is 456 g/mol. The quantitative estimate of drug-likeness (QED) is 0.605. The molecule has 0 atom stereocenters. The summed E-state index contributed by atoms with van der Waals surface area (Å²) in [6.07, 6.45) is 1.75. The van der Waals surface area contributed by atoms with E-state index in [-0.39, 0.29) is 5.91 Å². The first-order valence-electron chi connectivity index (χ1n) is 7.04. The Bertz CT molecular complexity index is 916. The number of nitrogens with one attached hydrogen (secondary N) is 1. The second-order valence-corrected chi connectivity index (χ2v) is 7.73. The molecule has 1 saturated heterocycles. The van der Waals surface area contributed by atoms with Crippen LogP contribution in [0.25, 0.3) is 6.08 Å². The van der Waals surface area contributed by atoms with E-state index < -0.39 is 0 Å². The van der Waals surface area contributed by atoms with Crippen molar-refractivity contribution in [3.8, 4) is 5.75 Å². The molecule has 0 bridgehead atoms. The molecule has 0 aromatic heterocycles. The molecule has 3 rings (SSSR count). The molecule has 0 unspecified atom stereocenters. The zero-order chi connectivity index (χ0) is 18.0. The molecule has 0 saturated carbocycles. The number of nitrogens with zero attached hydrogens (tertiary/aromatic N) is 1. The second-order valence-electron chi connectivity index (χ2n) is 4.97. The number of carbonyl (C=O) groups is 1. The third-order valence-electron chi connectivity index (χ3n) is 3.26. The first-order valence-corrected chi connectivity index (χ1v) is 9.41. The van der Waals surface area contributed by atoms with Gasteiger partial charge in [-0.2, -0.15) is 0 Å². The Morgan fingerprint density at radius 3 is 2.68 bits per heavy atom. The average molecular weight is 458 g/mol. The van der Waals surface area contributed by atoms with E-state index >= 15 is 0 Å². The Labute approximate surface area is 167 Å². The van der Waals surface area contributed by atoms with E-state index in [9.17, 15) is 4.79 Å². The zero-order valence-electron chi connectivity index (χ0n) is 12.8. The number of benzene rings is 2. The average Bonchev–Trinajstić information content (AvgIpc) is 2.90. The highest BCUT2D eigenvalue weighted by Crippen LogP contribution is 2.33. The highest BCUT2D eigenvalue weighted by molar-refractivity contribution is 9.10. The fourth-order valence-electron chi connectivity index (χ4n) is 2.09. The van der Waals surface area contributed by atoms with Crippen LogP contribution in [0.4, 0.5) is 5.69 Å². The number of carbonyl (C=O) groups excluding carboxylic acids is 1. The molecule has 1 fully saturated rings. The molecule has 2 aromatic rings. The molecule has 1 N–H and O–H groups in total. The molecule has 1 heterocycles. The van der Waals surface area contributed by atoms with Gasteiger partial charge in [-0.25, -0.2) is 4.99 Å². The number of hydrogen-bond donors (Lipinski definition) is 1. The lowest BCUT2D eigenvalue weighted by atomic mass is 10.2. The molecule has 1 amide bonds. The van der Waals surface area contributed by atoms with Crippen molar-refractivity contribution < 1.29 is 9.53 Å². The van der Waals surface area contributed by atoms with E-state index in [2.05, 4.69) is 26.2 Å². The number of ether oxygens (including phenoxy) is 1. The highest BCUT2D eigenvalue weighted by Gasteiger charge is 2.24. The number of rotatable bonds is 3. The maximum atomic E-state index is 12.1. The molecule has 2 aromatic carbocycles. The normalized spacial score (nSPS) is 17.2. The Balaban J connectivity index is 1.84. The predicted octanol–water partition coefficient (Wildman–Crippen LogP) is 5.66. The van der Waals surface area contributed by atoms with Gasteiger partial charge in [0.2, 0.25) is 0 Å². The maximum absolute atomic E-state index is 12.1. The summed E-state index contributed by atoms with van der Waals surface area (Å²) < 4.78 is 5.98. The number of halogens is 3. The molecule has 25 heavy (non-hydrogen) atoms. The van der Waals surface area contributed by atoms with E-state index in [4.69, 9.17) is 27.9 Å². The summed E-state index contributed by atoms with van der Waals surface area (Å²) in [6.45, 7) is 0. The summed E-state index contributed by atoms with van der Waals surface area (Å²) in [5.74, 6) is 0.364. The predicted molar refractivity (Wildman–Crippen MR) is 108 cm³/mol. The van der Waals surface area contributed by atoms with Crippen LogP contribution in [0.1, 0.15) is 5.56 Å². The van der Waals surface area contributed by atoms with Gasteiger partial charge in [0.25, 0.3) is 5.91 Å². The molecule has 8 heteroatoms. The number of hydrogen-bond acceptors (Lipinski definition) is 4. The third-order valence-corrected chi connectivity index (χ3v) is 5.26. The van der Waals surface area contributed by atoms with Crippen LogP contribution in [0.3, 0.4) is 0 Å². The Hall–Kier alpha value is -1.47. The molecule has 128 valence electrons. The van der Waals surface area contributed by atoms with Gasteiger partial charge in [0.15, 0.2) is 5.17 Å². The molecule has 4 nitrogen and oxygen atoms in total. The smallest absolute Gasteiger partial charge is 0.264 e. The van der Waals surface area contributed by atoms with Crippen molar-refractivity contribution in [1.82, 2.24) is 5.32 Å². The minimum atomic E-state index is -0.219. The highest BCUT2D eigenvalue weighted by atomic mass is 79.9. The summed E-state index contributed by atoms with van der Waals surface area (Å²) in [6, 6.07) is 10.7. The molecule has 1 aliphatic heterocycles. The fraction of sp³-hybridized carbons (Fsp3) is 0.0588. The van der Waals surface area contributed by atoms with Crippen LogP contribution in [0, 0.1) is 0 Å². The third kappa shape index (κ3) is 4.39. The second kappa shape index (κ2) is 7.83. The lowest BCUT2D eigenvalue weighted by Gasteiger charge is -2.03. The lowest BCUT2D eigenvalue weighted by molar-refractivity contribution is -0.115. The molecule has 0 radical (unpaired) electrons. The summed E-state index contributed by atoms with van der Waals surface area (Å²) in [7, 11) is 1.55. The molecule has 0 spiro atoms. The maximum Gasteiger partial charge on any atom is 0.264 e. The molecular weight excluding hydrogens is 447 g/mol. The molecule has 1 aliphatic rings. The van der Waals surface area contributed by atoms with Crippen molar-refractivity contribution in [3.63, 3.8) is 0 Å².